The number of hydrogen-bond acceptors (Lipinski definition) is 3. The van der Waals surface area contributed by atoms with Crippen LogP contribution >= 0.6 is 11.6 Å². The van der Waals surface area contributed by atoms with Gasteiger partial charge in [-0.05, 0) is 26.0 Å². The minimum absolute atomic E-state index is 0.0756. The van der Waals surface area contributed by atoms with Gasteiger partial charge in [0.1, 0.15) is 23.5 Å². The van der Waals surface area contributed by atoms with Gasteiger partial charge >= 0.3 is 5.97 Å². The lowest BCUT2D eigenvalue weighted by Gasteiger charge is -2.46. The average molecular weight is 379 g/mol. The Bertz CT molecular complexity index is 807. The summed E-state index contributed by atoms with van der Waals surface area (Å²) in [6, 6.07) is 8.40. The monoisotopic (exact) mass is 378 g/mol. The fraction of sp³-hybridized carbons (Fsp3) is 0.550. The molecule has 140 valence electrons. The second-order valence-electron chi connectivity index (χ2n) is 7.43. The fourth-order valence-electron chi connectivity index (χ4n) is 4.64. The van der Waals surface area contributed by atoms with Gasteiger partial charge in [0, 0.05) is 30.3 Å². The maximum atomic E-state index is 12.9. The molecule has 4 rings (SSSR count). The Morgan fingerprint density at radius 3 is 2.65 bits per heavy atom. The van der Waals surface area contributed by atoms with Crippen molar-refractivity contribution in [2.45, 2.75) is 56.8 Å². The summed E-state index contributed by atoms with van der Waals surface area (Å²) in [5, 5.41) is 0.992. The molecule has 0 spiro atoms. The topological polar surface area (TPSA) is 34.5 Å². The van der Waals surface area contributed by atoms with Gasteiger partial charge in [-0.3, -0.25) is 0 Å². The van der Waals surface area contributed by atoms with Crippen molar-refractivity contribution in [3.63, 3.8) is 0 Å². The Morgan fingerprint density at radius 2 is 1.96 bits per heavy atom. The quantitative estimate of drug-likeness (QED) is 0.738. The first-order valence-electron chi connectivity index (χ1n) is 9.35. The van der Waals surface area contributed by atoms with Gasteiger partial charge in [0.15, 0.2) is 0 Å². The molecule has 0 saturated carbocycles. The number of carbonyl (C=O) groups excluding carboxylic acids is 1. The lowest BCUT2D eigenvalue weighted by atomic mass is 9.83. The van der Waals surface area contributed by atoms with Crippen LogP contribution in [0.3, 0.4) is 0 Å². The van der Waals surface area contributed by atoms with Crippen molar-refractivity contribution in [3.8, 4) is 0 Å². The molecule has 0 amide bonds. The van der Waals surface area contributed by atoms with Crippen LogP contribution in [0.2, 0.25) is 5.15 Å². The lowest BCUT2D eigenvalue weighted by molar-refractivity contribution is -0.0317. The van der Waals surface area contributed by atoms with Gasteiger partial charge in [-0.1, -0.05) is 36.2 Å². The number of para-hydroxylation sites is 1. The van der Waals surface area contributed by atoms with Gasteiger partial charge < -0.3 is 14.2 Å². The highest BCUT2D eigenvalue weighted by Crippen LogP contribution is 2.36. The van der Waals surface area contributed by atoms with Crippen LogP contribution in [0.15, 0.2) is 24.3 Å². The highest BCUT2D eigenvalue weighted by Gasteiger charge is 2.38. The molecule has 3 heterocycles. The second-order valence-corrected chi connectivity index (χ2v) is 7.78. The summed E-state index contributed by atoms with van der Waals surface area (Å²) >= 11 is 6.45. The third-order valence-electron chi connectivity index (χ3n) is 5.99. The van der Waals surface area contributed by atoms with E-state index >= 15 is 0 Å². The van der Waals surface area contributed by atoms with Crippen LogP contribution in [0.1, 0.15) is 42.5 Å². The summed E-state index contributed by atoms with van der Waals surface area (Å²) < 4.78 is 20.5. The minimum atomic E-state index is -0.537. The molecule has 2 aliphatic rings. The maximum Gasteiger partial charge on any atom is 0.342 e. The molecule has 1 aromatic heterocycles. The van der Waals surface area contributed by atoms with Crippen molar-refractivity contribution in [2.24, 2.45) is 0 Å². The van der Waals surface area contributed by atoms with E-state index in [0.29, 0.717) is 17.6 Å². The number of aromatic nitrogens is 1. The molecule has 4 nitrogen and oxygen atoms in total. The van der Waals surface area contributed by atoms with E-state index in [4.69, 9.17) is 16.3 Å². The number of rotatable bonds is 4. The number of ether oxygens (including phenoxy) is 1. The van der Waals surface area contributed by atoms with Crippen molar-refractivity contribution in [3.05, 3.63) is 35.0 Å². The van der Waals surface area contributed by atoms with Crippen LogP contribution in [0, 0.1) is 0 Å². The summed E-state index contributed by atoms with van der Waals surface area (Å²) in [6.07, 6.45) is 5.25. The maximum absolute atomic E-state index is 12.9. The highest BCUT2D eigenvalue weighted by molar-refractivity contribution is 6.35. The normalized spacial score (nSPS) is 26.2. The largest absolute Gasteiger partial charge is 0.459 e. The van der Waals surface area contributed by atoms with Crippen molar-refractivity contribution < 1.29 is 13.9 Å². The van der Waals surface area contributed by atoms with Gasteiger partial charge in [-0.2, -0.15) is 0 Å². The van der Waals surface area contributed by atoms with Crippen LogP contribution in [0.25, 0.3) is 10.9 Å². The summed E-state index contributed by atoms with van der Waals surface area (Å²) in [5.74, 6) is -0.392. The van der Waals surface area contributed by atoms with E-state index in [1.54, 1.807) is 4.57 Å². The molecule has 3 atom stereocenters. The van der Waals surface area contributed by atoms with Crippen molar-refractivity contribution in [1.82, 2.24) is 9.47 Å². The van der Waals surface area contributed by atoms with E-state index in [1.165, 1.54) is 6.42 Å². The number of nitrogens with zero attached hydrogens (tertiary/aromatic N) is 2. The summed E-state index contributed by atoms with van der Waals surface area (Å²) in [4.78, 5) is 15.4. The lowest BCUT2D eigenvalue weighted by Crippen LogP contribution is -2.52. The smallest absolute Gasteiger partial charge is 0.342 e. The summed E-state index contributed by atoms with van der Waals surface area (Å²) in [5.41, 5.74) is 1.13. The molecule has 0 radical (unpaired) electrons. The number of halogens is 2. The molecular weight excluding hydrogens is 355 g/mol. The van der Waals surface area contributed by atoms with Gasteiger partial charge in [0.05, 0.1) is 12.1 Å². The zero-order valence-electron chi connectivity index (χ0n) is 15.0. The predicted molar refractivity (Wildman–Crippen MR) is 101 cm³/mol. The third kappa shape index (κ3) is 3.01. The first kappa shape index (κ1) is 17.8. The van der Waals surface area contributed by atoms with E-state index in [9.17, 15) is 9.18 Å². The Morgan fingerprint density at radius 1 is 1.27 bits per heavy atom. The first-order valence-corrected chi connectivity index (χ1v) is 9.73. The van der Waals surface area contributed by atoms with Crippen LogP contribution in [0.4, 0.5) is 4.39 Å². The van der Waals surface area contributed by atoms with E-state index in [2.05, 4.69) is 11.9 Å². The Hall–Kier alpha value is -1.59. The van der Waals surface area contributed by atoms with Gasteiger partial charge in [-0.25, -0.2) is 9.18 Å². The van der Waals surface area contributed by atoms with E-state index in [1.807, 2.05) is 24.3 Å². The zero-order valence-corrected chi connectivity index (χ0v) is 15.7. The molecule has 0 N–H and O–H groups in total. The average Bonchev–Trinajstić information content (AvgIpc) is 2.88. The van der Waals surface area contributed by atoms with Crippen LogP contribution in [-0.4, -0.2) is 47.3 Å². The number of benzene rings is 1. The number of piperidine rings is 2. The van der Waals surface area contributed by atoms with Gasteiger partial charge in [0.25, 0.3) is 0 Å². The molecule has 2 aliphatic heterocycles. The molecule has 2 saturated heterocycles. The standard InChI is InChI=1S/C20H24ClFN2O2/c1-23-13-5-4-6-14(23)12-15(11-13)26-20(25)18-16-7-2-3-8-17(16)24(10-9-22)19(18)21/h2-3,7-8,13-15H,4-6,9-12H2,1H3/t13-,14+,15+. The Kier molecular flexibility index (Phi) is 4.93. The predicted octanol–water partition coefficient (Wildman–Crippen LogP) is 4.44. The van der Waals surface area contributed by atoms with Crippen LogP contribution < -0.4 is 0 Å². The molecule has 2 bridgehead atoms. The van der Waals surface area contributed by atoms with E-state index in [0.717, 1.165) is 36.6 Å². The Labute approximate surface area is 157 Å². The molecule has 2 fully saturated rings. The molecule has 26 heavy (non-hydrogen) atoms. The summed E-state index contributed by atoms with van der Waals surface area (Å²) in [6.45, 7) is -0.407. The highest BCUT2D eigenvalue weighted by atomic mass is 35.5. The zero-order chi connectivity index (χ0) is 18.3. The molecular formula is C20H24ClFN2O2. The van der Waals surface area contributed by atoms with Gasteiger partial charge in [0.2, 0.25) is 0 Å². The van der Waals surface area contributed by atoms with Crippen molar-refractivity contribution in [1.29, 1.82) is 0 Å². The Balaban J connectivity index is 1.60. The number of aryl methyl sites for hydroxylation is 1. The first-order chi connectivity index (χ1) is 12.6. The fourth-order valence-corrected chi connectivity index (χ4v) is 5.00. The molecule has 1 aromatic carbocycles. The number of carbonyl (C=O) groups is 1. The second kappa shape index (κ2) is 7.20. The minimum Gasteiger partial charge on any atom is -0.459 e. The van der Waals surface area contributed by atoms with Crippen LogP contribution in [0.5, 0.6) is 0 Å². The SMILES string of the molecule is CN1[C@@H]2CCC[C@H]1C[C@@H](OC(=O)c1c(Cl)n(CCF)c3ccccc13)C2. The molecule has 6 heteroatoms. The molecule has 0 unspecified atom stereocenters. The van der Waals surface area contributed by atoms with Crippen molar-refractivity contribution >= 4 is 28.5 Å². The summed E-state index contributed by atoms with van der Waals surface area (Å²) in [7, 11) is 2.17. The number of alkyl halides is 1. The number of fused-ring (bicyclic) bond motifs is 3. The third-order valence-corrected chi connectivity index (χ3v) is 6.38. The van der Waals surface area contributed by atoms with Gasteiger partial charge in [-0.15, -0.1) is 0 Å². The van der Waals surface area contributed by atoms with E-state index < -0.39 is 12.6 Å². The molecule has 2 aromatic rings. The van der Waals surface area contributed by atoms with E-state index in [-0.39, 0.29) is 17.8 Å². The van der Waals surface area contributed by atoms with Crippen molar-refractivity contribution in [2.75, 3.05) is 13.7 Å². The number of hydrogen-bond donors (Lipinski definition) is 0. The number of esters is 1. The van der Waals surface area contributed by atoms with Crippen LogP contribution in [-0.2, 0) is 11.3 Å². The molecule has 0 aliphatic carbocycles.